The standard InChI is InChI=1S/C12H20O4/c1-8(2)6-10(12(14)16-5)9(3)7-11(13)15-4/h6,9-10H,7H2,1-5H3. The topological polar surface area (TPSA) is 52.6 Å². The van der Waals surface area contributed by atoms with Gasteiger partial charge in [-0.1, -0.05) is 18.6 Å². The Labute approximate surface area is 96.6 Å². The molecule has 0 amide bonds. The molecule has 2 unspecified atom stereocenters. The van der Waals surface area contributed by atoms with Crippen molar-refractivity contribution in [3.63, 3.8) is 0 Å². The van der Waals surface area contributed by atoms with Crippen LogP contribution < -0.4 is 0 Å². The van der Waals surface area contributed by atoms with E-state index in [0.717, 1.165) is 5.57 Å². The van der Waals surface area contributed by atoms with E-state index in [1.54, 1.807) is 0 Å². The quantitative estimate of drug-likeness (QED) is 0.533. The molecule has 0 N–H and O–H groups in total. The van der Waals surface area contributed by atoms with Gasteiger partial charge in [-0.3, -0.25) is 9.59 Å². The first-order chi connectivity index (χ1) is 7.42. The molecule has 0 spiro atoms. The largest absolute Gasteiger partial charge is 0.469 e. The normalized spacial score (nSPS) is 13.6. The van der Waals surface area contributed by atoms with Gasteiger partial charge in [-0.25, -0.2) is 0 Å². The van der Waals surface area contributed by atoms with Crippen LogP contribution in [0.1, 0.15) is 27.2 Å². The molecule has 0 aliphatic rings. The molecule has 4 heteroatoms. The van der Waals surface area contributed by atoms with Crippen molar-refractivity contribution < 1.29 is 19.1 Å². The smallest absolute Gasteiger partial charge is 0.312 e. The minimum absolute atomic E-state index is 0.130. The van der Waals surface area contributed by atoms with Gasteiger partial charge in [-0.15, -0.1) is 0 Å². The maximum atomic E-state index is 11.5. The van der Waals surface area contributed by atoms with Crippen molar-refractivity contribution >= 4 is 11.9 Å². The number of carbonyl (C=O) groups excluding carboxylic acids is 2. The predicted octanol–water partition coefficient (Wildman–Crippen LogP) is 1.94. The summed E-state index contributed by atoms with van der Waals surface area (Å²) in [7, 11) is 2.68. The van der Waals surface area contributed by atoms with Gasteiger partial charge in [-0.05, 0) is 19.8 Å². The Morgan fingerprint density at radius 3 is 2.12 bits per heavy atom. The molecule has 0 aromatic carbocycles. The number of allylic oxidation sites excluding steroid dienone is 1. The van der Waals surface area contributed by atoms with Gasteiger partial charge < -0.3 is 9.47 Å². The number of hydrogen-bond acceptors (Lipinski definition) is 4. The number of hydrogen-bond donors (Lipinski definition) is 0. The third-order valence-corrected chi connectivity index (χ3v) is 2.32. The van der Waals surface area contributed by atoms with Crippen LogP contribution in [0, 0.1) is 11.8 Å². The first-order valence-electron chi connectivity index (χ1n) is 5.22. The van der Waals surface area contributed by atoms with Crippen molar-refractivity contribution in [2.24, 2.45) is 11.8 Å². The van der Waals surface area contributed by atoms with E-state index in [-0.39, 0.29) is 24.3 Å². The minimum atomic E-state index is -0.394. The lowest BCUT2D eigenvalue weighted by atomic mass is 9.89. The highest BCUT2D eigenvalue weighted by atomic mass is 16.5. The maximum absolute atomic E-state index is 11.5. The molecule has 0 radical (unpaired) electrons. The Bertz CT molecular complexity index is 277. The first kappa shape index (κ1) is 14.7. The molecule has 0 aromatic rings. The summed E-state index contributed by atoms with van der Waals surface area (Å²) >= 11 is 0. The van der Waals surface area contributed by atoms with Crippen LogP contribution in [0.3, 0.4) is 0 Å². The second kappa shape index (κ2) is 7.04. The Morgan fingerprint density at radius 2 is 1.75 bits per heavy atom. The molecule has 0 saturated heterocycles. The lowest BCUT2D eigenvalue weighted by Gasteiger charge is -2.18. The van der Waals surface area contributed by atoms with Crippen LogP contribution in [0.4, 0.5) is 0 Å². The van der Waals surface area contributed by atoms with Gasteiger partial charge in [0.15, 0.2) is 0 Å². The van der Waals surface area contributed by atoms with E-state index in [1.165, 1.54) is 14.2 Å². The number of ether oxygens (including phenoxy) is 2. The zero-order chi connectivity index (χ0) is 12.7. The third kappa shape index (κ3) is 4.96. The summed E-state index contributed by atoms with van der Waals surface area (Å²) in [6.07, 6.45) is 2.03. The summed E-state index contributed by atoms with van der Waals surface area (Å²) in [4.78, 5) is 22.7. The molecule has 0 aliphatic carbocycles. The average Bonchev–Trinajstić information content (AvgIpc) is 2.24. The first-order valence-corrected chi connectivity index (χ1v) is 5.22. The van der Waals surface area contributed by atoms with Crippen LogP contribution in [-0.4, -0.2) is 26.2 Å². The average molecular weight is 228 g/mol. The summed E-state index contributed by atoms with van der Waals surface area (Å²) in [5.41, 5.74) is 1.02. The van der Waals surface area contributed by atoms with E-state index in [0.29, 0.717) is 0 Å². The van der Waals surface area contributed by atoms with Crippen LogP contribution in [0.2, 0.25) is 0 Å². The summed E-state index contributed by atoms with van der Waals surface area (Å²) in [5, 5.41) is 0. The minimum Gasteiger partial charge on any atom is -0.469 e. The zero-order valence-electron chi connectivity index (χ0n) is 10.6. The monoisotopic (exact) mass is 228 g/mol. The summed E-state index contributed by atoms with van der Waals surface area (Å²) in [5.74, 6) is -1.16. The van der Waals surface area contributed by atoms with E-state index in [1.807, 2.05) is 26.8 Å². The van der Waals surface area contributed by atoms with E-state index >= 15 is 0 Å². The molecule has 0 rings (SSSR count). The molecule has 2 atom stereocenters. The number of esters is 2. The van der Waals surface area contributed by atoms with Crippen molar-refractivity contribution in [3.8, 4) is 0 Å². The van der Waals surface area contributed by atoms with Crippen LogP contribution >= 0.6 is 0 Å². The predicted molar refractivity (Wildman–Crippen MR) is 60.7 cm³/mol. The summed E-state index contributed by atoms with van der Waals surface area (Å²) in [6, 6.07) is 0. The molecule has 0 saturated carbocycles. The lowest BCUT2D eigenvalue weighted by molar-refractivity contribution is -0.147. The van der Waals surface area contributed by atoms with Crippen molar-refractivity contribution in [1.82, 2.24) is 0 Å². The number of methoxy groups -OCH3 is 2. The highest BCUT2D eigenvalue weighted by Gasteiger charge is 2.25. The van der Waals surface area contributed by atoms with Crippen LogP contribution in [0.5, 0.6) is 0 Å². The Kier molecular flexibility index (Phi) is 6.46. The van der Waals surface area contributed by atoms with Crippen LogP contribution in [0.25, 0.3) is 0 Å². The fourth-order valence-corrected chi connectivity index (χ4v) is 1.43. The second-order valence-corrected chi connectivity index (χ2v) is 4.05. The molecule has 0 aliphatic heterocycles. The molecular formula is C12H20O4. The Balaban J connectivity index is 4.69. The molecule has 0 fully saturated rings. The molecule has 92 valence electrons. The van der Waals surface area contributed by atoms with E-state index in [9.17, 15) is 9.59 Å². The van der Waals surface area contributed by atoms with Crippen molar-refractivity contribution in [1.29, 1.82) is 0 Å². The highest BCUT2D eigenvalue weighted by molar-refractivity contribution is 5.76. The fourth-order valence-electron chi connectivity index (χ4n) is 1.43. The highest BCUT2D eigenvalue weighted by Crippen LogP contribution is 2.20. The van der Waals surface area contributed by atoms with E-state index < -0.39 is 5.92 Å². The van der Waals surface area contributed by atoms with Gasteiger partial charge >= 0.3 is 11.9 Å². The number of carbonyl (C=O) groups is 2. The molecule has 0 heterocycles. The fraction of sp³-hybridized carbons (Fsp3) is 0.667. The number of rotatable bonds is 5. The van der Waals surface area contributed by atoms with Crippen molar-refractivity contribution in [2.75, 3.05) is 14.2 Å². The molecule has 0 bridgehead atoms. The molecule has 4 nitrogen and oxygen atoms in total. The Hall–Kier alpha value is -1.32. The van der Waals surface area contributed by atoms with Gasteiger partial charge in [0.2, 0.25) is 0 Å². The summed E-state index contributed by atoms with van der Waals surface area (Å²) < 4.78 is 9.29. The molecule has 0 aromatic heterocycles. The Morgan fingerprint density at radius 1 is 1.19 bits per heavy atom. The maximum Gasteiger partial charge on any atom is 0.312 e. The van der Waals surface area contributed by atoms with Crippen LogP contribution in [-0.2, 0) is 19.1 Å². The van der Waals surface area contributed by atoms with E-state index in [2.05, 4.69) is 4.74 Å². The van der Waals surface area contributed by atoms with E-state index in [4.69, 9.17) is 4.74 Å². The zero-order valence-corrected chi connectivity index (χ0v) is 10.6. The van der Waals surface area contributed by atoms with Gasteiger partial charge in [0.25, 0.3) is 0 Å². The SMILES string of the molecule is COC(=O)CC(C)C(C=C(C)C)C(=O)OC. The van der Waals surface area contributed by atoms with Crippen LogP contribution in [0.15, 0.2) is 11.6 Å². The van der Waals surface area contributed by atoms with Crippen molar-refractivity contribution in [2.45, 2.75) is 27.2 Å². The third-order valence-electron chi connectivity index (χ3n) is 2.32. The van der Waals surface area contributed by atoms with Crippen molar-refractivity contribution in [3.05, 3.63) is 11.6 Å². The van der Waals surface area contributed by atoms with Gasteiger partial charge in [0.1, 0.15) is 0 Å². The molecular weight excluding hydrogens is 208 g/mol. The van der Waals surface area contributed by atoms with Gasteiger partial charge in [0, 0.05) is 6.42 Å². The molecule has 16 heavy (non-hydrogen) atoms. The summed E-state index contributed by atoms with van der Waals surface area (Å²) in [6.45, 7) is 5.64. The second-order valence-electron chi connectivity index (χ2n) is 4.05. The lowest BCUT2D eigenvalue weighted by Crippen LogP contribution is -2.24. The van der Waals surface area contributed by atoms with Gasteiger partial charge in [-0.2, -0.15) is 0 Å². The van der Waals surface area contributed by atoms with Gasteiger partial charge in [0.05, 0.1) is 20.1 Å².